The highest BCUT2D eigenvalue weighted by Gasteiger charge is 2.63. The number of ketones is 1. The van der Waals surface area contributed by atoms with E-state index in [1.54, 1.807) is 6.92 Å². The molecule has 0 bridgehead atoms. The van der Waals surface area contributed by atoms with Crippen LogP contribution in [0.15, 0.2) is 24.4 Å². The summed E-state index contributed by atoms with van der Waals surface area (Å²) < 4.78 is 75.2. The van der Waals surface area contributed by atoms with Crippen molar-refractivity contribution in [2.75, 3.05) is 6.54 Å². The molecule has 240 valence electrons. The summed E-state index contributed by atoms with van der Waals surface area (Å²) in [6.07, 6.45) is -2.73. The number of ether oxygens (including phenoxy) is 1. The topological polar surface area (TPSA) is 102 Å². The second-order valence-electron chi connectivity index (χ2n) is 13.0. The van der Waals surface area contributed by atoms with Gasteiger partial charge in [-0.2, -0.15) is 27.1 Å². The lowest BCUT2D eigenvalue weighted by molar-refractivity contribution is -0.152. The molecular formula is C30H33ClF5N3O5. The van der Waals surface area contributed by atoms with Gasteiger partial charge >= 0.3 is 18.8 Å². The van der Waals surface area contributed by atoms with Gasteiger partial charge in [-0.3, -0.25) is 19.1 Å². The number of aliphatic carboxylic acids is 1. The van der Waals surface area contributed by atoms with Crippen molar-refractivity contribution in [3.63, 3.8) is 0 Å². The van der Waals surface area contributed by atoms with Gasteiger partial charge in [-0.1, -0.05) is 31.5 Å². The van der Waals surface area contributed by atoms with Gasteiger partial charge in [0.15, 0.2) is 11.5 Å². The van der Waals surface area contributed by atoms with E-state index in [4.69, 9.17) is 11.6 Å². The van der Waals surface area contributed by atoms with Crippen LogP contribution >= 0.6 is 11.6 Å². The van der Waals surface area contributed by atoms with E-state index in [9.17, 15) is 41.4 Å². The first-order chi connectivity index (χ1) is 20.5. The third-order valence-electron chi connectivity index (χ3n) is 10.0. The summed E-state index contributed by atoms with van der Waals surface area (Å²) in [5.74, 6) is -3.02. The normalized spacial score (nSPS) is 27.6. The molecule has 3 atom stereocenters. The smallest absolute Gasteiger partial charge is 0.433 e. The van der Waals surface area contributed by atoms with Crippen LogP contribution in [0.2, 0.25) is 5.02 Å². The van der Waals surface area contributed by atoms with Crippen molar-refractivity contribution in [1.82, 2.24) is 14.7 Å². The molecule has 3 saturated carbocycles. The van der Waals surface area contributed by atoms with Gasteiger partial charge in [-0.25, -0.2) is 0 Å². The fourth-order valence-electron chi connectivity index (χ4n) is 7.23. The number of aromatic nitrogens is 2. The first-order valence-electron chi connectivity index (χ1n) is 14.4. The van der Waals surface area contributed by atoms with Crippen LogP contribution in [0.3, 0.4) is 0 Å². The number of nitrogens with zero attached hydrogens (tertiary/aromatic N) is 3. The minimum absolute atomic E-state index is 0.00366. The molecule has 0 unspecified atom stereocenters. The molecule has 2 aromatic rings. The Kier molecular flexibility index (Phi) is 8.26. The number of hydrogen-bond donors (Lipinski definition) is 1. The van der Waals surface area contributed by atoms with Crippen molar-refractivity contribution in [2.24, 2.45) is 22.7 Å². The van der Waals surface area contributed by atoms with Crippen LogP contribution in [0.1, 0.15) is 91.7 Å². The molecule has 1 N–H and O–H groups in total. The number of carboxylic acids is 1. The van der Waals surface area contributed by atoms with Gasteiger partial charge in [0.05, 0.1) is 40.3 Å². The second-order valence-corrected chi connectivity index (χ2v) is 13.4. The van der Waals surface area contributed by atoms with Crippen molar-refractivity contribution >= 4 is 29.3 Å². The Bertz CT molecular complexity index is 1450. The molecule has 5 rings (SSSR count). The third kappa shape index (κ3) is 5.79. The van der Waals surface area contributed by atoms with Gasteiger partial charge in [0.2, 0.25) is 0 Å². The van der Waals surface area contributed by atoms with Gasteiger partial charge in [0.25, 0.3) is 5.91 Å². The number of amides is 1. The lowest BCUT2D eigenvalue weighted by atomic mass is 9.74. The van der Waals surface area contributed by atoms with E-state index in [0.717, 1.165) is 21.8 Å². The van der Waals surface area contributed by atoms with E-state index < -0.39 is 77.1 Å². The largest absolute Gasteiger partial charge is 0.481 e. The number of Topliss-reactive ketones (excluding diaryl/α,β-unsaturated/α-hetero) is 1. The van der Waals surface area contributed by atoms with Gasteiger partial charge in [0.1, 0.15) is 5.75 Å². The summed E-state index contributed by atoms with van der Waals surface area (Å²) in [5.41, 5.74) is -3.47. The number of carbonyl (C=O) groups is 3. The highest BCUT2D eigenvalue weighted by Crippen LogP contribution is 2.67. The molecule has 0 aliphatic heterocycles. The Labute approximate surface area is 255 Å². The predicted molar refractivity (Wildman–Crippen MR) is 148 cm³/mol. The highest BCUT2D eigenvalue weighted by molar-refractivity contribution is 6.34. The van der Waals surface area contributed by atoms with Crippen molar-refractivity contribution < 1.29 is 46.2 Å². The van der Waals surface area contributed by atoms with Crippen molar-refractivity contribution in [2.45, 2.75) is 84.2 Å². The molecule has 3 aliphatic rings. The highest BCUT2D eigenvalue weighted by atomic mass is 35.5. The van der Waals surface area contributed by atoms with Gasteiger partial charge in [0, 0.05) is 6.04 Å². The van der Waals surface area contributed by atoms with Gasteiger partial charge in [-0.05, 0) is 74.8 Å². The molecule has 0 saturated heterocycles. The molecule has 3 fully saturated rings. The molecule has 0 radical (unpaired) electrons. The quantitative estimate of drug-likeness (QED) is 0.230. The number of carbonyl (C=O) groups excluding carboxylic acids is 2. The average molecular weight is 646 g/mol. The molecule has 1 amide bonds. The van der Waals surface area contributed by atoms with E-state index in [1.807, 2.05) is 0 Å². The molecule has 3 aliphatic carbocycles. The van der Waals surface area contributed by atoms with E-state index in [2.05, 4.69) is 23.7 Å². The zero-order valence-corrected chi connectivity index (χ0v) is 25.1. The molecule has 1 heterocycles. The first kappa shape index (κ1) is 32.2. The van der Waals surface area contributed by atoms with Crippen molar-refractivity contribution in [1.29, 1.82) is 0 Å². The SMILES string of the molecule is CC1(C(=O)O)CCC(n2ncc(C(=O)N(CC(=O)c3c(Cl)cccc3OC(F)F)[C@H]3C[C@@H]4[C@H](C3)C4(C)C)c2C(F)(F)F)CC1. The van der Waals surface area contributed by atoms with Crippen LogP contribution in [0, 0.1) is 22.7 Å². The van der Waals surface area contributed by atoms with Crippen LogP contribution in [-0.2, 0) is 11.0 Å². The summed E-state index contributed by atoms with van der Waals surface area (Å²) in [4.78, 5) is 40.3. The number of hydrogen-bond acceptors (Lipinski definition) is 5. The minimum atomic E-state index is -4.99. The maximum atomic E-state index is 14.6. The average Bonchev–Trinajstić information content (AvgIpc) is 3.35. The fraction of sp³-hybridized carbons (Fsp3) is 0.600. The Morgan fingerprint density at radius 1 is 1.14 bits per heavy atom. The molecule has 8 nitrogen and oxygen atoms in total. The summed E-state index contributed by atoms with van der Waals surface area (Å²) in [7, 11) is 0. The fourth-order valence-corrected chi connectivity index (χ4v) is 7.50. The Hall–Kier alpha value is -3.22. The molecular weight excluding hydrogens is 613 g/mol. The number of carboxylic acid groups (broad SMARTS) is 1. The lowest BCUT2D eigenvalue weighted by Gasteiger charge is -2.35. The number of fused-ring (bicyclic) bond motifs is 1. The number of rotatable bonds is 9. The van der Waals surface area contributed by atoms with Crippen molar-refractivity contribution in [3.8, 4) is 5.75 Å². The van der Waals surface area contributed by atoms with Crippen LogP contribution in [0.25, 0.3) is 0 Å². The number of halogens is 6. The number of benzene rings is 1. The van der Waals surface area contributed by atoms with E-state index in [-0.39, 0.29) is 48.0 Å². The first-order valence-corrected chi connectivity index (χ1v) is 14.8. The third-order valence-corrected chi connectivity index (χ3v) is 10.4. The lowest BCUT2D eigenvalue weighted by Crippen LogP contribution is -2.44. The van der Waals surface area contributed by atoms with Crippen LogP contribution in [0.5, 0.6) is 5.75 Å². The Morgan fingerprint density at radius 2 is 1.75 bits per heavy atom. The number of alkyl halides is 5. The van der Waals surface area contributed by atoms with E-state index >= 15 is 0 Å². The van der Waals surface area contributed by atoms with E-state index in [1.165, 1.54) is 12.1 Å². The molecule has 1 aromatic heterocycles. The van der Waals surface area contributed by atoms with Gasteiger partial charge in [-0.15, -0.1) is 0 Å². The maximum absolute atomic E-state index is 14.6. The predicted octanol–water partition coefficient (Wildman–Crippen LogP) is 7.12. The summed E-state index contributed by atoms with van der Waals surface area (Å²) in [6.45, 7) is 1.70. The second kappa shape index (κ2) is 11.3. The zero-order chi connectivity index (χ0) is 32.4. The van der Waals surface area contributed by atoms with Crippen LogP contribution in [0.4, 0.5) is 22.0 Å². The Balaban J connectivity index is 1.49. The monoisotopic (exact) mass is 645 g/mol. The summed E-state index contributed by atoms with van der Waals surface area (Å²) in [5, 5.41) is 13.3. The van der Waals surface area contributed by atoms with Crippen molar-refractivity contribution in [3.05, 3.63) is 46.2 Å². The minimum Gasteiger partial charge on any atom is -0.481 e. The zero-order valence-electron chi connectivity index (χ0n) is 24.3. The van der Waals surface area contributed by atoms with Crippen LogP contribution < -0.4 is 4.74 Å². The van der Waals surface area contributed by atoms with Crippen LogP contribution in [-0.4, -0.2) is 56.6 Å². The molecule has 1 aromatic carbocycles. The summed E-state index contributed by atoms with van der Waals surface area (Å²) >= 11 is 6.18. The molecule has 0 spiro atoms. The molecule has 14 heteroatoms. The van der Waals surface area contributed by atoms with E-state index in [0.29, 0.717) is 12.8 Å². The maximum Gasteiger partial charge on any atom is 0.433 e. The Morgan fingerprint density at radius 3 is 2.30 bits per heavy atom. The standard InChI is InChI=1S/C30H33ClF5N3O5/c1-28(2)18-11-16(12-19(18)28)38(14-21(40)23-20(31)5-4-6-22(23)44-27(32)33)25(41)17-13-37-39(24(17)30(34,35)36)15-7-9-29(3,10-8-15)26(42)43/h4-6,13,15-16,18-19,27H,7-12,14H2,1-3H3,(H,42,43)/t15?,16-,18+,19-,29?. The summed E-state index contributed by atoms with van der Waals surface area (Å²) in [6, 6.07) is 2.36. The van der Waals surface area contributed by atoms with Gasteiger partial charge < -0.3 is 14.7 Å². The molecule has 44 heavy (non-hydrogen) atoms.